The number of aromatic nitrogens is 1. The van der Waals surface area contributed by atoms with E-state index in [1.165, 1.54) is 0 Å². The predicted molar refractivity (Wildman–Crippen MR) is 236 cm³/mol. The molecule has 2 aliphatic carbocycles. The van der Waals surface area contributed by atoms with Crippen LogP contribution in [0.3, 0.4) is 0 Å². The van der Waals surface area contributed by atoms with Crippen LogP contribution in [0.15, 0.2) is 36.5 Å². The van der Waals surface area contributed by atoms with E-state index in [-0.39, 0.29) is 44.3 Å². The van der Waals surface area contributed by atoms with Gasteiger partial charge in [-0.1, -0.05) is 26.0 Å². The van der Waals surface area contributed by atoms with Gasteiger partial charge >= 0.3 is 6.09 Å². The molecule has 7 atom stereocenters. The van der Waals surface area contributed by atoms with Gasteiger partial charge in [0.05, 0.1) is 36.3 Å². The number of allylic oxidation sites excluding steroid dienone is 1. The summed E-state index contributed by atoms with van der Waals surface area (Å²) in [6, 6.07) is 4.34. The van der Waals surface area contributed by atoms with E-state index in [9.17, 15) is 31.6 Å². The molecule has 0 bridgehead atoms. The molecule has 4 heterocycles. The van der Waals surface area contributed by atoms with Crippen molar-refractivity contribution in [2.75, 3.05) is 57.8 Å². The van der Waals surface area contributed by atoms with Crippen molar-refractivity contribution in [3.05, 3.63) is 36.5 Å². The van der Waals surface area contributed by atoms with Crippen LogP contribution in [0.25, 0.3) is 10.8 Å². The molecule has 7 unspecified atom stereocenters. The first-order valence-corrected chi connectivity index (χ1v) is 23.9. The average molecular weight is 902 g/mol. The molecule has 1 aromatic heterocycles. The minimum Gasteiger partial charge on any atom is -0.497 e. The maximum atomic E-state index is 14.7. The van der Waals surface area contributed by atoms with Gasteiger partial charge in [0.25, 0.3) is 12.3 Å². The predicted octanol–water partition coefficient (Wildman–Crippen LogP) is 5.23. The average Bonchev–Trinajstić information content (AvgIpc) is 4.09. The molecule has 0 spiro atoms. The van der Waals surface area contributed by atoms with E-state index < -0.39 is 74.3 Å². The van der Waals surface area contributed by atoms with E-state index in [1.54, 1.807) is 45.9 Å². The number of nitrogens with zero attached hydrogens (tertiary/aromatic N) is 4. The van der Waals surface area contributed by atoms with Crippen molar-refractivity contribution in [3.63, 3.8) is 0 Å². The fourth-order valence-electron chi connectivity index (χ4n) is 9.30. The number of rotatable bonds is 10. The highest BCUT2D eigenvalue weighted by atomic mass is 32.2. The minimum atomic E-state index is -3.98. The maximum absolute atomic E-state index is 14.7. The van der Waals surface area contributed by atoms with Crippen molar-refractivity contribution in [2.24, 2.45) is 17.8 Å². The first-order valence-electron chi connectivity index (χ1n) is 22.4. The number of alkyl halides is 2. The molecule has 3 N–H and O–H groups in total. The largest absolute Gasteiger partial charge is 0.497 e. The number of hydrogen-bond donors (Lipinski definition) is 3. The third-order valence-corrected chi connectivity index (χ3v) is 15.6. The monoisotopic (exact) mass is 901 g/mol. The van der Waals surface area contributed by atoms with Crippen molar-refractivity contribution >= 4 is 44.4 Å². The number of benzene rings is 1. The Kier molecular flexibility index (Phi) is 13.6. The number of pyridine rings is 1. The molecule has 3 amide bonds. The second kappa shape index (κ2) is 18.3. The van der Waals surface area contributed by atoms with Crippen LogP contribution in [0.2, 0.25) is 0 Å². The Hall–Kier alpha value is -4.29. The molecule has 1 aromatic carbocycles. The summed E-state index contributed by atoms with van der Waals surface area (Å²) < 4.78 is 72.2. The third-order valence-electron chi connectivity index (χ3n) is 13.5. The van der Waals surface area contributed by atoms with Gasteiger partial charge in [0, 0.05) is 68.4 Å². The number of piperazine rings is 1. The first-order chi connectivity index (χ1) is 29.7. The number of amides is 3. The quantitative estimate of drug-likeness (QED) is 0.266. The Morgan fingerprint density at radius 3 is 2.46 bits per heavy atom. The van der Waals surface area contributed by atoms with Gasteiger partial charge in [-0.05, 0) is 96.3 Å². The number of fused-ring (bicyclic) bond motifs is 3. The number of halogens is 2. The Bertz CT molecular complexity index is 2160. The van der Waals surface area contributed by atoms with E-state index >= 15 is 0 Å². The second-order valence-corrected chi connectivity index (χ2v) is 21.9. The molecule has 2 aromatic rings. The highest BCUT2D eigenvalue weighted by Gasteiger charge is 2.63. The summed E-state index contributed by atoms with van der Waals surface area (Å²) in [5.41, 5.74) is -1.37. The summed E-state index contributed by atoms with van der Waals surface area (Å²) in [6.07, 6.45) is 5.87. The minimum absolute atomic E-state index is 0.0183. The third kappa shape index (κ3) is 10.8. The number of anilines is 1. The van der Waals surface area contributed by atoms with Crippen molar-refractivity contribution in [2.45, 2.75) is 127 Å². The summed E-state index contributed by atoms with van der Waals surface area (Å²) in [6.45, 7) is 13.6. The van der Waals surface area contributed by atoms with Crippen LogP contribution in [-0.4, -0.2) is 135 Å². The van der Waals surface area contributed by atoms with Gasteiger partial charge < -0.3 is 29.7 Å². The van der Waals surface area contributed by atoms with Crippen LogP contribution >= 0.6 is 0 Å². The van der Waals surface area contributed by atoms with Crippen molar-refractivity contribution in [1.29, 1.82) is 0 Å². The summed E-state index contributed by atoms with van der Waals surface area (Å²) in [5, 5.41) is 7.67. The lowest BCUT2D eigenvalue weighted by Gasteiger charge is -2.36. The van der Waals surface area contributed by atoms with Crippen LogP contribution in [-0.2, 0) is 24.3 Å². The topological polar surface area (TPSA) is 172 Å². The molecule has 2 saturated carbocycles. The molecule has 3 aliphatic heterocycles. The van der Waals surface area contributed by atoms with Crippen LogP contribution in [0.4, 0.5) is 19.3 Å². The number of alkyl carbamates (subject to hydrolysis) is 1. The van der Waals surface area contributed by atoms with E-state index in [0.29, 0.717) is 56.0 Å². The Labute approximate surface area is 370 Å². The first kappa shape index (κ1) is 46.7. The molecular weight excluding hydrogens is 837 g/mol. The summed E-state index contributed by atoms with van der Waals surface area (Å²) in [5.74, 6) is -0.361. The number of carbonyl (C=O) groups is 3. The standard InChI is InChI=1S/C45H65F2N7O8S/c1-28-10-8-9-11-30-23-45(30,41(56)51-63(58,59)44(6)14-15-44)50-39(55)36-22-32(25-54(36)26-35(29(2)20-28)49-42(57)62-43(3,4)5)61-40-33-13-12-31(60-7)21-34(33)37(24-48-40)53-18-16-52(17-19-53)27-38(46)47/h9,11-13,21,24,28-30,32,35-36,38H,8,10,14-20,22-23,25-27H2,1-7H3,(H,49,57)(H,50,55)(H,51,56). The highest BCUT2D eigenvalue weighted by Crippen LogP contribution is 2.48. The van der Waals surface area contributed by atoms with Crippen LogP contribution < -0.4 is 29.7 Å². The van der Waals surface area contributed by atoms with Gasteiger partial charge in [0.1, 0.15) is 23.0 Å². The van der Waals surface area contributed by atoms with Crippen molar-refractivity contribution < 1.29 is 45.8 Å². The summed E-state index contributed by atoms with van der Waals surface area (Å²) >= 11 is 0. The number of ether oxygens (including phenoxy) is 3. The van der Waals surface area contributed by atoms with E-state index in [2.05, 4.69) is 34.1 Å². The molecular formula is C45H65F2N7O8S. The van der Waals surface area contributed by atoms with E-state index in [4.69, 9.17) is 19.2 Å². The molecule has 18 heteroatoms. The van der Waals surface area contributed by atoms with Crippen molar-refractivity contribution in [3.8, 4) is 11.6 Å². The molecule has 348 valence electrons. The van der Waals surface area contributed by atoms with Gasteiger partial charge in [-0.15, -0.1) is 0 Å². The zero-order valence-electron chi connectivity index (χ0n) is 37.6. The fourth-order valence-corrected chi connectivity index (χ4v) is 10.6. The number of carbonyl (C=O) groups excluding carboxylic acids is 3. The molecule has 7 rings (SSSR count). The van der Waals surface area contributed by atoms with Crippen LogP contribution in [0, 0.1) is 17.8 Å². The lowest BCUT2D eigenvalue weighted by molar-refractivity contribution is -0.132. The number of methoxy groups -OCH3 is 1. The van der Waals surface area contributed by atoms with Gasteiger partial charge in [-0.25, -0.2) is 27.0 Å². The number of hydrogen-bond acceptors (Lipinski definition) is 12. The normalized spacial score (nSPS) is 29.4. The SMILES string of the molecule is COc1ccc2c(OC3CC4C(=O)NC5(C(=O)NS(=O)(=O)C6(C)CC6)CC5C=CCCC(C)CC(C)C(NC(=O)OC(C)(C)C)CN4C3)ncc(N3CCN(CC(F)F)CC3)c2c1. The Morgan fingerprint density at radius 1 is 1.06 bits per heavy atom. The highest BCUT2D eigenvalue weighted by molar-refractivity contribution is 7.91. The molecule has 4 fully saturated rings. The Morgan fingerprint density at radius 2 is 1.79 bits per heavy atom. The van der Waals surface area contributed by atoms with Gasteiger partial charge in [0.15, 0.2) is 0 Å². The molecule has 63 heavy (non-hydrogen) atoms. The lowest BCUT2D eigenvalue weighted by atomic mass is 9.88. The molecule has 0 radical (unpaired) electrons. The van der Waals surface area contributed by atoms with Crippen molar-refractivity contribution in [1.82, 2.24) is 30.1 Å². The van der Waals surface area contributed by atoms with E-state index in [1.807, 2.05) is 35.3 Å². The molecule has 15 nitrogen and oxygen atoms in total. The van der Waals surface area contributed by atoms with Crippen LogP contribution in [0.5, 0.6) is 11.6 Å². The van der Waals surface area contributed by atoms with E-state index in [0.717, 1.165) is 30.3 Å². The zero-order chi connectivity index (χ0) is 45.5. The molecule has 2 saturated heterocycles. The second-order valence-electron chi connectivity index (χ2n) is 19.7. The summed E-state index contributed by atoms with van der Waals surface area (Å²) in [7, 11) is -2.40. The Balaban J connectivity index is 1.19. The zero-order valence-corrected chi connectivity index (χ0v) is 38.4. The summed E-state index contributed by atoms with van der Waals surface area (Å²) in [4.78, 5) is 52.8. The number of nitrogens with one attached hydrogen (secondary N) is 3. The van der Waals surface area contributed by atoms with Gasteiger partial charge in [-0.2, -0.15) is 0 Å². The number of sulfonamides is 1. The van der Waals surface area contributed by atoms with Gasteiger partial charge in [-0.3, -0.25) is 24.1 Å². The fraction of sp³-hybridized carbons (Fsp3) is 0.689. The lowest BCUT2D eigenvalue weighted by Crippen LogP contribution is -2.58. The smallest absolute Gasteiger partial charge is 0.407 e. The van der Waals surface area contributed by atoms with Crippen LogP contribution in [0.1, 0.15) is 86.5 Å². The van der Waals surface area contributed by atoms with Gasteiger partial charge in [0.2, 0.25) is 21.8 Å². The molecule has 5 aliphatic rings. The maximum Gasteiger partial charge on any atom is 0.407 e.